The van der Waals surface area contributed by atoms with Crippen molar-refractivity contribution in [2.24, 2.45) is 0 Å². The van der Waals surface area contributed by atoms with E-state index in [0.717, 1.165) is 31.7 Å². The fraction of sp³-hybridized carbons (Fsp3) is 0.308. The number of hydrogen-bond acceptors (Lipinski definition) is 4. The molecule has 1 aromatic heterocycles. The van der Waals surface area contributed by atoms with E-state index >= 15 is 0 Å². The molecule has 17 heavy (non-hydrogen) atoms. The summed E-state index contributed by atoms with van der Waals surface area (Å²) >= 11 is 1.72. The van der Waals surface area contributed by atoms with Crippen LogP contribution in [0, 0.1) is 0 Å². The molecule has 1 aromatic carbocycles. The fourth-order valence-electron chi connectivity index (χ4n) is 2.35. The van der Waals surface area contributed by atoms with Crippen molar-refractivity contribution in [3.05, 3.63) is 45.9 Å². The maximum atomic E-state index is 5.99. The van der Waals surface area contributed by atoms with Crippen molar-refractivity contribution in [1.82, 2.24) is 9.88 Å². The van der Waals surface area contributed by atoms with Crippen molar-refractivity contribution in [2.45, 2.75) is 19.5 Å². The van der Waals surface area contributed by atoms with Crippen LogP contribution in [0.2, 0.25) is 0 Å². The number of benzene rings is 1. The lowest BCUT2D eigenvalue weighted by atomic mass is 9.98. The maximum absolute atomic E-state index is 5.99. The number of anilines is 1. The van der Waals surface area contributed by atoms with Gasteiger partial charge < -0.3 is 5.73 Å². The SMILES string of the molecule is Nc1cccc2c1CCN(Cc1nccs1)C2. The quantitative estimate of drug-likeness (QED) is 0.825. The molecule has 0 fully saturated rings. The molecule has 0 aliphatic carbocycles. The third kappa shape index (κ3) is 2.18. The van der Waals surface area contributed by atoms with E-state index < -0.39 is 0 Å². The third-order valence-electron chi connectivity index (χ3n) is 3.22. The Labute approximate surface area is 105 Å². The topological polar surface area (TPSA) is 42.1 Å². The predicted molar refractivity (Wildman–Crippen MR) is 70.8 cm³/mol. The summed E-state index contributed by atoms with van der Waals surface area (Å²) in [5.74, 6) is 0. The maximum Gasteiger partial charge on any atom is 0.107 e. The van der Waals surface area contributed by atoms with Crippen LogP contribution in [0.15, 0.2) is 29.8 Å². The Kier molecular flexibility index (Phi) is 2.82. The highest BCUT2D eigenvalue weighted by Gasteiger charge is 2.18. The Bertz CT molecular complexity index is 507. The molecule has 2 aromatic rings. The van der Waals surface area contributed by atoms with Gasteiger partial charge in [0.15, 0.2) is 0 Å². The van der Waals surface area contributed by atoms with Crippen LogP contribution >= 0.6 is 11.3 Å². The molecule has 0 radical (unpaired) electrons. The molecule has 4 heteroatoms. The molecule has 2 heterocycles. The number of fused-ring (bicyclic) bond motifs is 1. The summed E-state index contributed by atoms with van der Waals surface area (Å²) in [5, 5.41) is 3.22. The van der Waals surface area contributed by atoms with Crippen molar-refractivity contribution in [1.29, 1.82) is 0 Å². The molecule has 0 unspecified atom stereocenters. The summed E-state index contributed by atoms with van der Waals surface area (Å²) in [6.45, 7) is 3.01. The van der Waals surface area contributed by atoms with Gasteiger partial charge in [0.2, 0.25) is 0 Å². The van der Waals surface area contributed by atoms with Gasteiger partial charge in [0.05, 0.1) is 6.54 Å². The van der Waals surface area contributed by atoms with E-state index in [1.54, 1.807) is 11.3 Å². The fourth-order valence-corrected chi connectivity index (χ4v) is 3.01. The van der Waals surface area contributed by atoms with E-state index in [2.05, 4.69) is 16.0 Å². The molecule has 0 amide bonds. The lowest BCUT2D eigenvalue weighted by molar-refractivity contribution is 0.245. The van der Waals surface area contributed by atoms with Gasteiger partial charge in [-0.25, -0.2) is 4.98 Å². The predicted octanol–water partition coefficient (Wildman–Crippen LogP) is 2.28. The molecule has 3 nitrogen and oxygen atoms in total. The zero-order valence-corrected chi connectivity index (χ0v) is 10.4. The van der Waals surface area contributed by atoms with E-state index in [4.69, 9.17) is 5.73 Å². The smallest absolute Gasteiger partial charge is 0.107 e. The van der Waals surface area contributed by atoms with Gasteiger partial charge in [0, 0.05) is 30.4 Å². The molecule has 1 aliphatic heterocycles. The van der Waals surface area contributed by atoms with Crippen molar-refractivity contribution in [3.8, 4) is 0 Å². The number of hydrogen-bond donors (Lipinski definition) is 1. The van der Waals surface area contributed by atoms with Gasteiger partial charge in [-0.15, -0.1) is 11.3 Å². The van der Waals surface area contributed by atoms with Gasteiger partial charge in [-0.05, 0) is 23.6 Å². The summed E-state index contributed by atoms with van der Waals surface area (Å²) < 4.78 is 0. The second-order valence-corrected chi connectivity index (χ2v) is 5.35. The standard InChI is InChI=1S/C13H15N3S/c14-12-3-1-2-10-8-16(6-4-11(10)12)9-13-15-5-7-17-13/h1-3,5,7H,4,6,8-9,14H2. The summed E-state index contributed by atoms with van der Waals surface area (Å²) in [5.41, 5.74) is 9.64. The molecule has 0 saturated heterocycles. The minimum absolute atomic E-state index is 0.941. The Morgan fingerprint density at radius 1 is 1.41 bits per heavy atom. The van der Waals surface area contributed by atoms with Crippen LogP contribution in [-0.4, -0.2) is 16.4 Å². The van der Waals surface area contributed by atoms with E-state index in [9.17, 15) is 0 Å². The highest BCUT2D eigenvalue weighted by Crippen LogP contribution is 2.25. The van der Waals surface area contributed by atoms with E-state index in [-0.39, 0.29) is 0 Å². The van der Waals surface area contributed by atoms with Gasteiger partial charge in [0.25, 0.3) is 0 Å². The van der Waals surface area contributed by atoms with Gasteiger partial charge in [-0.3, -0.25) is 4.90 Å². The summed E-state index contributed by atoms with van der Waals surface area (Å²) in [7, 11) is 0. The third-order valence-corrected chi connectivity index (χ3v) is 3.99. The van der Waals surface area contributed by atoms with E-state index in [1.807, 2.05) is 23.7 Å². The van der Waals surface area contributed by atoms with Gasteiger partial charge >= 0.3 is 0 Å². The Hall–Kier alpha value is -1.39. The Morgan fingerprint density at radius 2 is 2.35 bits per heavy atom. The first-order valence-electron chi connectivity index (χ1n) is 5.80. The highest BCUT2D eigenvalue weighted by atomic mass is 32.1. The zero-order valence-electron chi connectivity index (χ0n) is 9.60. The minimum atomic E-state index is 0.941. The van der Waals surface area contributed by atoms with Gasteiger partial charge in [-0.1, -0.05) is 12.1 Å². The molecule has 1 aliphatic rings. The van der Waals surface area contributed by atoms with Gasteiger partial charge in [0.1, 0.15) is 5.01 Å². The summed E-state index contributed by atoms with van der Waals surface area (Å²) in [4.78, 5) is 6.77. The average molecular weight is 245 g/mol. The molecular formula is C13H15N3S. The molecular weight excluding hydrogens is 230 g/mol. The van der Waals surface area contributed by atoms with Crippen molar-refractivity contribution >= 4 is 17.0 Å². The van der Waals surface area contributed by atoms with Crippen LogP contribution in [-0.2, 0) is 19.5 Å². The van der Waals surface area contributed by atoms with Crippen molar-refractivity contribution in [2.75, 3.05) is 12.3 Å². The van der Waals surface area contributed by atoms with E-state index in [0.29, 0.717) is 0 Å². The lowest BCUT2D eigenvalue weighted by Crippen LogP contribution is -2.30. The number of thiazole rings is 1. The molecule has 0 bridgehead atoms. The van der Waals surface area contributed by atoms with Crippen LogP contribution in [0.3, 0.4) is 0 Å². The number of nitrogens with zero attached hydrogens (tertiary/aromatic N) is 2. The van der Waals surface area contributed by atoms with Crippen LogP contribution in [0.1, 0.15) is 16.1 Å². The minimum Gasteiger partial charge on any atom is -0.398 e. The summed E-state index contributed by atoms with van der Waals surface area (Å²) in [6.07, 6.45) is 2.92. The van der Waals surface area contributed by atoms with Crippen LogP contribution in [0.5, 0.6) is 0 Å². The first-order chi connectivity index (χ1) is 8.33. The van der Waals surface area contributed by atoms with E-state index in [1.165, 1.54) is 16.1 Å². The first-order valence-corrected chi connectivity index (χ1v) is 6.68. The number of nitrogens with two attached hydrogens (primary N) is 1. The monoisotopic (exact) mass is 245 g/mol. The normalized spacial score (nSPS) is 15.8. The molecule has 3 rings (SSSR count). The van der Waals surface area contributed by atoms with Crippen molar-refractivity contribution in [3.63, 3.8) is 0 Å². The number of rotatable bonds is 2. The zero-order chi connectivity index (χ0) is 11.7. The summed E-state index contributed by atoms with van der Waals surface area (Å²) in [6, 6.07) is 6.22. The van der Waals surface area contributed by atoms with Crippen molar-refractivity contribution < 1.29 is 0 Å². The largest absolute Gasteiger partial charge is 0.398 e. The second kappa shape index (κ2) is 4.47. The molecule has 0 atom stereocenters. The second-order valence-electron chi connectivity index (χ2n) is 4.37. The van der Waals surface area contributed by atoms with Crippen LogP contribution in [0.4, 0.5) is 5.69 Å². The molecule has 0 spiro atoms. The molecule has 88 valence electrons. The highest BCUT2D eigenvalue weighted by molar-refractivity contribution is 7.09. The molecule has 0 saturated carbocycles. The molecule has 2 N–H and O–H groups in total. The Balaban J connectivity index is 1.77. The number of aromatic nitrogens is 1. The lowest BCUT2D eigenvalue weighted by Gasteiger charge is -2.28. The number of nitrogen functional groups attached to an aromatic ring is 1. The van der Waals surface area contributed by atoms with Gasteiger partial charge in [-0.2, -0.15) is 0 Å². The first kappa shape index (κ1) is 10.7. The average Bonchev–Trinajstić information content (AvgIpc) is 2.82. The Morgan fingerprint density at radius 3 is 3.18 bits per heavy atom. The van der Waals surface area contributed by atoms with Crippen LogP contribution < -0.4 is 5.73 Å². The van der Waals surface area contributed by atoms with Crippen LogP contribution in [0.25, 0.3) is 0 Å².